The summed E-state index contributed by atoms with van der Waals surface area (Å²) in [4.78, 5) is 0. The van der Waals surface area contributed by atoms with Crippen molar-refractivity contribution in [1.29, 1.82) is 10.5 Å². The van der Waals surface area contributed by atoms with Crippen molar-refractivity contribution in [2.24, 2.45) is 0 Å². The van der Waals surface area contributed by atoms with Crippen LogP contribution in [0.2, 0.25) is 5.02 Å². The van der Waals surface area contributed by atoms with Crippen LogP contribution < -0.4 is 4.74 Å². The number of ether oxygens (including phenoxy) is 1. The Morgan fingerprint density at radius 2 is 1.74 bits per heavy atom. The van der Waals surface area contributed by atoms with Gasteiger partial charge in [0.25, 0.3) is 0 Å². The Hall–Kier alpha value is -2.49. The molecule has 0 saturated heterocycles. The molecule has 4 heteroatoms. The molecule has 19 heavy (non-hydrogen) atoms. The molecule has 0 atom stereocenters. The Bertz CT molecular complexity index is 683. The third-order valence-corrected chi connectivity index (χ3v) is 2.89. The standard InChI is InChI=1S/C15H9ClN2O/c16-15-7-12(9-18)4-5-13(15)10-19-14-3-1-2-11(6-14)8-17/h1-7H,10H2. The van der Waals surface area contributed by atoms with Gasteiger partial charge in [0.1, 0.15) is 12.4 Å². The number of hydrogen-bond donors (Lipinski definition) is 0. The van der Waals surface area contributed by atoms with Gasteiger partial charge in [-0.2, -0.15) is 10.5 Å². The first kappa shape index (κ1) is 13.0. The van der Waals surface area contributed by atoms with Gasteiger partial charge >= 0.3 is 0 Å². The second-order valence-corrected chi connectivity index (χ2v) is 4.25. The molecule has 0 aliphatic rings. The molecule has 0 fully saturated rings. The number of halogens is 1. The highest BCUT2D eigenvalue weighted by Crippen LogP contribution is 2.20. The van der Waals surface area contributed by atoms with Crippen molar-refractivity contribution < 1.29 is 4.74 Å². The average Bonchev–Trinajstić information content (AvgIpc) is 2.46. The van der Waals surface area contributed by atoms with Crippen LogP contribution in [0.4, 0.5) is 0 Å². The predicted molar refractivity (Wildman–Crippen MR) is 71.7 cm³/mol. The van der Waals surface area contributed by atoms with E-state index in [9.17, 15) is 0 Å². The summed E-state index contributed by atoms with van der Waals surface area (Å²) in [6.07, 6.45) is 0. The van der Waals surface area contributed by atoms with Gasteiger partial charge in [-0.25, -0.2) is 0 Å². The first-order chi connectivity index (χ1) is 9.22. The Kier molecular flexibility index (Phi) is 4.03. The summed E-state index contributed by atoms with van der Waals surface area (Å²) in [5, 5.41) is 18.0. The number of benzene rings is 2. The lowest BCUT2D eigenvalue weighted by atomic mass is 10.1. The average molecular weight is 269 g/mol. The van der Waals surface area contributed by atoms with E-state index in [2.05, 4.69) is 0 Å². The molecule has 0 saturated carbocycles. The number of nitriles is 2. The normalized spacial score (nSPS) is 9.42. The SMILES string of the molecule is N#Cc1cccc(OCc2ccc(C#N)cc2Cl)c1. The van der Waals surface area contributed by atoms with Crippen molar-refractivity contribution in [2.45, 2.75) is 6.61 Å². The van der Waals surface area contributed by atoms with Crippen LogP contribution in [0.15, 0.2) is 42.5 Å². The van der Waals surface area contributed by atoms with Crippen molar-refractivity contribution in [3.63, 3.8) is 0 Å². The molecule has 0 unspecified atom stereocenters. The van der Waals surface area contributed by atoms with Crippen LogP contribution in [-0.4, -0.2) is 0 Å². The minimum Gasteiger partial charge on any atom is -0.489 e. The van der Waals surface area contributed by atoms with E-state index in [1.54, 1.807) is 42.5 Å². The van der Waals surface area contributed by atoms with E-state index < -0.39 is 0 Å². The summed E-state index contributed by atoms with van der Waals surface area (Å²) >= 11 is 6.05. The summed E-state index contributed by atoms with van der Waals surface area (Å²) in [7, 11) is 0. The highest BCUT2D eigenvalue weighted by atomic mass is 35.5. The van der Waals surface area contributed by atoms with Gasteiger partial charge in [-0.1, -0.05) is 23.7 Å². The molecule has 2 aromatic carbocycles. The number of rotatable bonds is 3. The zero-order chi connectivity index (χ0) is 13.7. The quantitative estimate of drug-likeness (QED) is 0.853. The molecular formula is C15H9ClN2O. The Balaban J connectivity index is 2.11. The van der Waals surface area contributed by atoms with Gasteiger partial charge in [0, 0.05) is 10.6 Å². The molecule has 0 bridgehead atoms. The first-order valence-electron chi connectivity index (χ1n) is 5.54. The summed E-state index contributed by atoms with van der Waals surface area (Å²) in [6, 6.07) is 16.0. The zero-order valence-electron chi connectivity index (χ0n) is 9.93. The highest BCUT2D eigenvalue weighted by Gasteiger charge is 2.03. The number of hydrogen-bond acceptors (Lipinski definition) is 3. The van der Waals surface area contributed by atoms with Crippen LogP contribution in [0.1, 0.15) is 16.7 Å². The van der Waals surface area contributed by atoms with Gasteiger partial charge in [-0.3, -0.25) is 0 Å². The maximum Gasteiger partial charge on any atom is 0.121 e. The van der Waals surface area contributed by atoms with Crippen molar-refractivity contribution in [3.8, 4) is 17.9 Å². The molecule has 0 spiro atoms. The van der Waals surface area contributed by atoms with Crippen LogP contribution in [0.25, 0.3) is 0 Å². The molecule has 0 amide bonds. The van der Waals surface area contributed by atoms with E-state index in [0.29, 0.717) is 28.5 Å². The first-order valence-corrected chi connectivity index (χ1v) is 5.92. The van der Waals surface area contributed by atoms with E-state index in [-0.39, 0.29) is 0 Å². The molecule has 2 rings (SSSR count). The molecule has 0 radical (unpaired) electrons. The molecule has 92 valence electrons. The van der Waals surface area contributed by atoms with Crippen LogP contribution in [-0.2, 0) is 6.61 Å². The lowest BCUT2D eigenvalue weighted by Crippen LogP contribution is -1.97. The van der Waals surface area contributed by atoms with Crippen LogP contribution in [0.3, 0.4) is 0 Å². The second kappa shape index (κ2) is 5.91. The summed E-state index contributed by atoms with van der Waals surface area (Å²) < 4.78 is 5.57. The smallest absolute Gasteiger partial charge is 0.121 e. The van der Waals surface area contributed by atoms with Crippen molar-refractivity contribution in [1.82, 2.24) is 0 Å². The van der Waals surface area contributed by atoms with Gasteiger partial charge in [-0.05, 0) is 30.3 Å². The fourth-order valence-electron chi connectivity index (χ4n) is 1.55. The summed E-state index contributed by atoms with van der Waals surface area (Å²) in [5.74, 6) is 0.611. The second-order valence-electron chi connectivity index (χ2n) is 3.85. The Morgan fingerprint density at radius 1 is 1.00 bits per heavy atom. The van der Waals surface area contributed by atoms with Crippen LogP contribution in [0.5, 0.6) is 5.75 Å². The van der Waals surface area contributed by atoms with Gasteiger partial charge in [0.15, 0.2) is 0 Å². The van der Waals surface area contributed by atoms with Gasteiger partial charge < -0.3 is 4.74 Å². The monoisotopic (exact) mass is 268 g/mol. The molecule has 0 aliphatic carbocycles. The highest BCUT2D eigenvalue weighted by molar-refractivity contribution is 6.31. The maximum atomic E-state index is 8.79. The molecule has 0 heterocycles. The van der Waals surface area contributed by atoms with E-state index in [1.165, 1.54) is 0 Å². The number of nitrogens with zero attached hydrogens (tertiary/aromatic N) is 2. The van der Waals surface area contributed by atoms with Gasteiger partial charge in [0.05, 0.1) is 23.3 Å². The third-order valence-electron chi connectivity index (χ3n) is 2.54. The van der Waals surface area contributed by atoms with Gasteiger partial charge in [-0.15, -0.1) is 0 Å². The Morgan fingerprint density at radius 3 is 2.42 bits per heavy atom. The summed E-state index contributed by atoms with van der Waals surface area (Å²) in [6.45, 7) is 0.291. The van der Waals surface area contributed by atoms with Crippen molar-refractivity contribution in [3.05, 3.63) is 64.2 Å². The lowest BCUT2D eigenvalue weighted by molar-refractivity contribution is 0.306. The molecule has 2 aromatic rings. The fourth-order valence-corrected chi connectivity index (χ4v) is 1.79. The van der Waals surface area contributed by atoms with Crippen LogP contribution >= 0.6 is 11.6 Å². The molecular weight excluding hydrogens is 260 g/mol. The largest absolute Gasteiger partial charge is 0.489 e. The molecule has 0 N–H and O–H groups in total. The van der Waals surface area contributed by atoms with Crippen molar-refractivity contribution >= 4 is 11.6 Å². The third kappa shape index (κ3) is 3.25. The molecule has 3 nitrogen and oxygen atoms in total. The van der Waals surface area contributed by atoms with E-state index in [1.807, 2.05) is 12.1 Å². The molecule has 0 aromatic heterocycles. The van der Waals surface area contributed by atoms with E-state index in [4.69, 9.17) is 26.9 Å². The molecule has 0 aliphatic heterocycles. The summed E-state index contributed by atoms with van der Waals surface area (Å²) in [5.41, 5.74) is 1.85. The minimum absolute atomic E-state index is 0.291. The van der Waals surface area contributed by atoms with E-state index in [0.717, 1.165) is 5.56 Å². The zero-order valence-corrected chi connectivity index (χ0v) is 10.7. The predicted octanol–water partition coefficient (Wildman–Crippen LogP) is 3.66. The minimum atomic E-state index is 0.291. The lowest BCUT2D eigenvalue weighted by Gasteiger charge is -2.08. The maximum absolute atomic E-state index is 8.79. The van der Waals surface area contributed by atoms with Crippen LogP contribution in [0, 0.1) is 22.7 Å². The van der Waals surface area contributed by atoms with E-state index >= 15 is 0 Å². The van der Waals surface area contributed by atoms with Crippen molar-refractivity contribution in [2.75, 3.05) is 0 Å². The van der Waals surface area contributed by atoms with Gasteiger partial charge in [0.2, 0.25) is 0 Å². The Labute approximate surface area is 116 Å². The topological polar surface area (TPSA) is 56.8 Å². The fraction of sp³-hybridized carbons (Fsp3) is 0.0667.